The van der Waals surface area contributed by atoms with Gasteiger partial charge in [-0.25, -0.2) is 4.79 Å². The maximum atomic E-state index is 12.7. The zero-order chi connectivity index (χ0) is 23.2. The Morgan fingerprint density at radius 3 is 2.52 bits per heavy atom. The van der Waals surface area contributed by atoms with Gasteiger partial charge in [-0.3, -0.25) is 4.79 Å². The molecule has 4 rings (SSSR count). The number of carbonyl (C=O) groups excluding carboxylic acids is 2. The number of thiophene rings is 1. The summed E-state index contributed by atoms with van der Waals surface area (Å²) in [5.41, 5.74) is 6.02. The van der Waals surface area contributed by atoms with Crippen LogP contribution in [-0.2, 0) is 28.8 Å². The van der Waals surface area contributed by atoms with Crippen molar-refractivity contribution < 1.29 is 19.1 Å². The normalized spacial score (nSPS) is 12.7. The van der Waals surface area contributed by atoms with E-state index < -0.39 is 5.97 Å². The summed E-state index contributed by atoms with van der Waals surface area (Å²) in [5, 5.41) is 5.40. The third-order valence-electron chi connectivity index (χ3n) is 5.97. The lowest BCUT2D eigenvalue weighted by atomic mass is 9.89. The minimum Gasteiger partial charge on any atom is -0.494 e. The smallest absolute Gasteiger partial charge is 0.341 e. The molecule has 0 atom stereocenters. The Labute approximate surface area is 198 Å². The van der Waals surface area contributed by atoms with Crippen molar-refractivity contribution in [1.29, 1.82) is 0 Å². The van der Waals surface area contributed by atoms with Crippen molar-refractivity contribution in [2.45, 2.75) is 45.4 Å². The molecule has 1 aromatic heterocycles. The van der Waals surface area contributed by atoms with Gasteiger partial charge in [0.15, 0.2) is 0 Å². The molecule has 0 bridgehead atoms. The van der Waals surface area contributed by atoms with Gasteiger partial charge in [0.05, 0.1) is 13.7 Å². The maximum absolute atomic E-state index is 12.7. The van der Waals surface area contributed by atoms with Crippen LogP contribution in [0.3, 0.4) is 0 Å². The van der Waals surface area contributed by atoms with Gasteiger partial charge in [-0.1, -0.05) is 30.3 Å². The molecule has 1 heterocycles. The van der Waals surface area contributed by atoms with Gasteiger partial charge in [0, 0.05) is 17.4 Å². The van der Waals surface area contributed by atoms with E-state index in [1.54, 1.807) is 0 Å². The molecule has 0 unspecified atom stereocenters. The Morgan fingerprint density at radius 2 is 1.79 bits per heavy atom. The number of fused-ring (bicyclic) bond motifs is 1. The highest BCUT2D eigenvalue weighted by molar-refractivity contribution is 7.15. The summed E-state index contributed by atoms with van der Waals surface area (Å²) in [7, 11) is 1.37. The van der Waals surface area contributed by atoms with Crippen LogP contribution in [0.15, 0.2) is 47.8 Å². The van der Waals surface area contributed by atoms with Crippen molar-refractivity contribution >= 4 is 28.2 Å². The predicted octanol–water partition coefficient (Wildman–Crippen LogP) is 6.05. The zero-order valence-corrected chi connectivity index (χ0v) is 19.9. The molecule has 3 aromatic rings. The highest BCUT2D eigenvalue weighted by Crippen LogP contribution is 2.38. The second-order valence-electron chi connectivity index (χ2n) is 8.16. The molecule has 0 spiro atoms. The molecule has 172 valence electrons. The lowest BCUT2D eigenvalue weighted by Crippen LogP contribution is -2.14. The van der Waals surface area contributed by atoms with Crippen LogP contribution in [0, 0.1) is 0 Å². The van der Waals surface area contributed by atoms with Crippen LogP contribution in [0.4, 0.5) is 5.00 Å². The number of aryl methyl sites for hydroxylation is 3. The standard InChI is InChI=1S/C27H29NO4S/c1-3-32-22-13-8-18(9-14-22)10-15-24(29)28-26-25(27(30)31-2)23(17-33-26)21-12-11-19-6-4-5-7-20(19)16-21/h8-9,11-14,16-17H,3-7,10,15H2,1-2H3,(H,28,29). The van der Waals surface area contributed by atoms with E-state index in [1.165, 1.54) is 42.4 Å². The van der Waals surface area contributed by atoms with Crippen LogP contribution in [-0.4, -0.2) is 25.6 Å². The van der Waals surface area contributed by atoms with Crippen LogP contribution in [0.2, 0.25) is 0 Å². The summed E-state index contributed by atoms with van der Waals surface area (Å²) in [4.78, 5) is 25.3. The molecule has 1 aliphatic carbocycles. The number of esters is 1. The largest absolute Gasteiger partial charge is 0.494 e. The molecule has 1 aliphatic rings. The fourth-order valence-electron chi connectivity index (χ4n) is 4.23. The Hall–Kier alpha value is -3.12. The summed E-state index contributed by atoms with van der Waals surface area (Å²) < 4.78 is 10.5. The number of carbonyl (C=O) groups is 2. The molecular formula is C27H29NO4S. The Balaban J connectivity index is 1.49. The molecule has 1 N–H and O–H groups in total. The molecule has 0 radical (unpaired) electrons. The first-order valence-corrected chi connectivity index (χ1v) is 12.3. The van der Waals surface area contributed by atoms with Crippen LogP contribution < -0.4 is 10.1 Å². The van der Waals surface area contributed by atoms with Gasteiger partial charge in [0.1, 0.15) is 16.3 Å². The molecule has 0 fully saturated rings. The summed E-state index contributed by atoms with van der Waals surface area (Å²) >= 11 is 1.36. The lowest BCUT2D eigenvalue weighted by molar-refractivity contribution is -0.116. The van der Waals surface area contributed by atoms with Crippen molar-refractivity contribution in [3.05, 3.63) is 70.1 Å². The number of hydrogen-bond acceptors (Lipinski definition) is 5. The quantitative estimate of drug-likeness (QED) is 0.413. The molecular weight excluding hydrogens is 434 g/mol. The SMILES string of the molecule is CCOc1ccc(CCC(=O)Nc2scc(-c3ccc4c(c3)CCCC4)c2C(=O)OC)cc1. The van der Waals surface area contributed by atoms with E-state index in [0.717, 1.165) is 35.3 Å². The molecule has 1 amide bonds. The van der Waals surface area contributed by atoms with Crippen LogP contribution in [0.1, 0.15) is 53.2 Å². The van der Waals surface area contributed by atoms with Gasteiger partial charge < -0.3 is 14.8 Å². The summed E-state index contributed by atoms with van der Waals surface area (Å²) in [6.07, 6.45) is 5.52. The van der Waals surface area contributed by atoms with Crippen molar-refractivity contribution in [1.82, 2.24) is 0 Å². The topological polar surface area (TPSA) is 64.6 Å². The molecule has 6 heteroatoms. The van der Waals surface area contributed by atoms with E-state index in [1.807, 2.05) is 36.6 Å². The summed E-state index contributed by atoms with van der Waals surface area (Å²) in [5.74, 6) is 0.250. The third kappa shape index (κ3) is 5.45. The molecule has 2 aromatic carbocycles. The van der Waals surface area contributed by atoms with Gasteiger partial charge in [0.2, 0.25) is 5.91 Å². The van der Waals surface area contributed by atoms with Crippen LogP contribution in [0.25, 0.3) is 11.1 Å². The number of benzene rings is 2. The fraction of sp³-hybridized carbons (Fsp3) is 0.333. The molecule has 33 heavy (non-hydrogen) atoms. The minimum atomic E-state index is -0.439. The van der Waals surface area contributed by atoms with Gasteiger partial charge in [-0.15, -0.1) is 11.3 Å². The van der Waals surface area contributed by atoms with Crippen LogP contribution in [0.5, 0.6) is 5.75 Å². The van der Waals surface area contributed by atoms with Crippen LogP contribution >= 0.6 is 11.3 Å². The number of anilines is 1. The van der Waals surface area contributed by atoms with E-state index in [9.17, 15) is 9.59 Å². The van der Waals surface area contributed by atoms with E-state index in [0.29, 0.717) is 30.0 Å². The second-order valence-corrected chi connectivity index (χ2v) is 9.04. The minimum absolute atomic E-state index is 0.132. The van der Waals surface area contributed by atoms with E-state index in [-0.39, 0.29) is 5.91 Å². The first-order chi connectivity index (χ1) is 16.1. The van der Waals surface area contributed by atoms with Gasteiger partial charge >= 0.3 is 5.97 Å². The maximum Gasteiger partial charge on any atom is 0.341 e. The van der Waals surface area contributed by atoms with Gasteiger partial charge in [-0.05, 0) is 73.4 Å². The number of nitrogens with one attached hydrogen (secondary N) is 1. The number of methoxy groups -OCH3 is 1. The molecule has 0 saturated carbocycles. The van der Waals surface area contributed by atoms with E-state index in [2.05, 4.69) is 23.5 Å². The monoisotopic (exact) mass is 463 g/mol. The highest BCUT2D eigenvalue weighted by atomic mass is 32.1. The Kier molecular flexibility index (Phi) is 7.45. The first-order valence-electron chi connectivity index (χ1n) is 11.4. The number of hydrogen-bond donors (Lipinski definition) is 1. The number of amides is 1. The van der Waals surface area contributed by atoms with Crippen molar-refractivity contribution in [2.75, 3.05) is 19.0 Å². The van der Waals surface area contributed by atoms with Gasteiger partial charge in [-0.2, -0.15) is 0 Å². The van der Waals surface area contributed by atoms with Crippen molar-refractivity contribution in [2.24, 2.45) is 0 Å². The molecule has 5 nitrogen and oxygen atoms in total. The molecule has 0 saturated heterocycles. The third-order valence-corrected chi connectivity index (χ3v) is 6.86. The fourth-order valence-corrected chi connectivity index (χ4v) is 5.21. The van der Waals surface area contributed by atoms with Crippen molar-refractivity contribution in [3.8, 4) is 16.9 Å². The Morgan fingerprint density at radius 1 is 1.03 bits per heavy atom. The first kappa shape index (κ1) is 23.1. The predicted molar refractivity (Wildman–Crippen MR) is 132 cm³/mol. The average molecular weight is 464 g/mol. The zero-order valence-electron chi connectivity index (χ0n) is 19.1. The Bertz CT molecular complexity index is 1130. The summed E-state index contributed by atoms with van der Waals surface area (Å²) in [6.45, 7) is 2.57. The lowest BCUT2D eigenvalue weighted by Gasteiger charge is -2.16. The van der Waals surface area contributed by atoms with E-state index in [4.69, 9.17) is 9.47 Å². The van der Waals surface area contributed by atoms with Crippen molar-refractivity contribution in [3.63, 3.8) is 0 Å². The second kappa shape index (κ2) is 10.7. The average Bonchev–Trinajstić information content (AvgIpc) is 3.26. The van der Waals surface area contributed by atoms with Gasteiger partial charge in [0.25, 0.3) is 0 Å². The number of rotatable bonds is 8. The number of ether oxygens (including phenoxy) is 2. The molecule has 0 aliphatic heterocycles. The summed E-state index contributed by atoms with van der Waals surface area (Å²) in [6, 6.07) is 14.2. The highest BCUT2D eigenvalue weighted by Gasteiger charge is 2.23. The van der Waals surface area contributed by atoms with E-state index >= 15 is 0 Å².